The van der Waals surface area contributed by atoms with E-state index in [0.717, 1.165) is 4.90 Å². The highest BCUT2D eigenvalue weighted by Gasteiger charge is 2.56. The Labute approximate surface area is 150 Å². The van der Waals surface area contributed by atoms with Crippen LogP contribution in [0.5, 0.6) is 0 Å². The Kier molecular flexibility index (Phi) is 4.39. The van der Waals surface area contributed by atoms with Crippen LogP contribution in [0.2, 0.25) is 0 Å². The molecule has 3 rings (SSSR count). The molecule has 1 aromatic rings. The van der Waals surface area contributed by atoms with Gasteiger partial charge in [-0.3, -0.25) is 14.6 Å². The maximum atomic E-state index is 12.9. The first-order valence-corrected chi connectivity index (χ1v) is 8.67. The van der Waals surface area contributed by atoms with Gasteiger partial charge < -0.3 is 9.32 Å². The number of hydrogen-bond acceptors (Lipinski definition) is 5. The number of carbonyl (C=O) groups is 1. The molecule has 0 radical (unpaired) electrons. The molecule has 146 valence electrons. The maximum absolute atomic E-state index is 12.9. The fourth-order valence-corrected chi connectivity index (χ4v) is 3.99. The molecule has 0 saturated carbocycles. The zero-order chi connectivity index (χ0) is 19.5. The van der Waals surface area contributed by atoms with Crippen molar-refractivity contribution < 1.29 is 22.4 Å². The van der Waals surface area contributed by atoms with Crippen molar-refractivity contribution in [2.24, 2.45) is 0 Å². The van der Waals surface area contributed by atoms with Crippen molar-refractivity contribution in [2.45, 2.75) is 58.0 Å². The minimum atomic E-state index is -4.42. The highest BCUT2D eigenvalue weighted by molar-refractivity contribution is 5.85. The van der Waals surface area contributed by atoms with E-state index in [1.165, 1.54) is 0 Å². The lowest BCUT2D eigenvalue weighted by molar-refractivity contribution is -0.169. The van der Waals surface area contributed by atoms with E-state index in [1.807, 2.05) is 25.7 Å². The number of alkyl halides is 3. The van der Waals surface area contributed by atoms with Crippen LogP contribution in [0.1, 0.15) is 39.3 Å². The predicted molar refractivity (Wildman–Crippen MR) is 88.2 cm³/mol. The number of rotatable bonds is 3. The van der Waals surface area contributed by atoms with Crippen LogP contribution in [-0.2, 0) is 10.3 Å². The number of carbonyl (C=O) groups excluding carboxylic acids is 1. The van der Waals surface area contributed by atoms with Crippen LogP contribution in [0, 0.1) is 6.92 Å². The van der Waals surface area contributed by atoms with Crippen LogP contribution in [0.3, 0.4) is 0 Å². The summed E-state index contributed by atoms with van der Waals surface area (Å²) in [6.07, 6.45) is -2.78. The van der Waals surface area contributed by atoms with Crippen molar-refractivity contribution >= 4 is 5.91 Å². The van der Waals surface area contributed by atoms with E-state index in [-0.39, 0.29) is 0 Å². The summed E-state index contributed by atoms with van der Waals surface area (Å²) < 4.78 is 44.5. The predicted octanol–water partition coefficient (Wildman–Crippen LogP) is 2.34. The summed E-state index contributed by atoms with van der Waals surface area (Å²) in [7, 11) is 0. The van der Waals surface area contributed by atoms with Crippen molar-refractivity contribution in [3.8, 4) is 0 Å². The third-order valence-electron chi connectivity index (χ3n) is 5.57. The highest BCUT2D eigenvalue weighted by atomic mass is 19.4. The number of aromatic nitrogens is 1. The lowest BCUT2D eigenvalue weighted by Crippen LogP contribution is -2.61. The zero-order valence-corrected chi connectivity index (χ0v) is 15.7. The quantitative estimate of drug-likeness (QED) is 0.813. The van der Waals surface area contributed by atoms with E-state index in [2.05, 4.69) is 9.88 Å². The van der Waals surface area contributed by atoms with Crippen LogP contribution < -0.4 is 0 Å². The van der Waals surface area contributed by atoms with Crippen LogP contribution in [0.4, 0.5) is 13.2 Å². The van der Waals surface area contributed by atoms with Gasteiger partial charge >= 0.3 is 6.18 Å². The van der Waals surface area contributed by atoms with Gasteiger partial charge in [-0.25, -0.2) is 4.98 Å². The van der Waals surface area contributed by atoms with Crippen LogP contribution >= 0.6 is 0 Å². The molecule has 9 heteroatoms. The fraction of sp³-hybridized carbons (Fsp3) is 0.765. The van der Waals surface area contributed by atoms with Gasteiger partial charge in [-0.15, -0.1) is 0 Å². The van der Waals surface area contributed by atoms with Gasteiger partial charge in [0.25, 0.3) is 0 Å². The topological polar surface area (TPSA) is 52.8 Å². The summed E-state index contributed by atoms with van der Waals surface area (Å²) in [5.41, 5.74) is -1.52. The molecule has 0 unspecified atom stereocenters. The van der Waals surface area contributed by atoms with E-state index in [1.54, 1.807) is 20.0 Å². The number of piperazine rings is 1. The Balaban J connectivity index is 1.83. The molecule has 1 aromatic heterocycles. The molecule has 2 saturated heterocycles. The van der Waals surface area contributed by atoms with Crippen molar-refractivity contribution in [1.82, 2.24) is 19.7 Å². The molecular formula is C17H25F3N4O2. The van der Waals surface area contributed by atoms with Crippen molar-refractivity contribution in [2.75, 3.05) is 26.2 Å². The number of nitrogens with zero attached hydrogens (tertiary/aromatic N) is 4. The van der Waals surface area contributed by atoms with Gasteiger partial charge in [0.05, 0.1) is 17.4 Å². The van der Waals surface area contributed by atoms with E-state index in [0.29, 0.717) is 31.3 Å². The average molecular weight is 374 g/mol. The second-order valence-electron chi connectivity index (χ2n) is 8.02. The maximum Gasteiger partial charge on any atom is 0.406 e. The molecule has 2 aliphatic rings. The number of hydrogen-bond donors (Lipinski definition) is 0. The van der Waals surface area contributed by atoms with Gasteiger partial charge in [-0.05, 0) is 34.6 Å². The Morgan fingerprint density at radius 1 is 1.31 bits per heavy atom. The molecule has 2 fully saturated rings. The molecule has 3 heterocycles. The third kappa shape index (κ3) is 3.11. The van der Waals surface area contributed by atoms with Gasteiger partial charge in [-0.2, -0.15) is 13.2 Å². The summed E-state index contributed by atoms with van der Waals surface area (Å²) in [5, 5.41) is 0. The molecule has 1 atom stereocenters. The number of fused-ring (bicyclic) bond motifs is 1. The number of oxazole rings is 1. The van der Waals surface area contributed by atoms with Gasteiger partial charge in [0, 0.05) is 19.6 Å². The van der Waals surface area contributed by atoms with Gasteiger partial charge in [0.2, 0.25) is 11.8 Å². The first-order chi connectivity index (χ1) is 11.8. The normalized spacial score (nSPS) is 25.0. The molecule has 0 N–H and O–H groups in total. The Morgan fingerprint density at radius 2 is 1.96 bits per heavy atom. The molecule has 26 heavy (non-hydrogen) atoms. The molecule has 0 bridgehead atoms. The number of aryl methyl sites for hydroxylation is 1. The standard InChI is InChI=1S/C17H25F3N4O2/c1-11-8-21-14(26-11)15(2,3)22-6-7-23-12(9-22)13(25)24(16(23,4)5)10-17(18,19)20/h8,12H,6-7,9-10H2,1-5H3/t12-/m0/s1. The van der Waals surface area contributed by atoms with Crippen LogP contribution in [0.15, 0.2) is 10.6 Å². The molecule has 0 aromatic carbocycles. The first-order valence-electron chi connectivity index (χ1n) is 8.67. The summed E-state index contributed by atoms with van der Waals surface area (Å²) >= 11 is 0. The Morgan fingerprint density at radius 3 is 2.50 bits per heavy atom. The highest BCUT2D eigenvalue weighted by Crippen LogP contribution is 2.38. The van der Waals surface area contributed by atoms with Crippen molar-refractivity contribution in [3.05, 3.63) is 17.8 Å². The summed E-state index contributed by atoms with van der Waals surface area (Å²) in [6, 6.07) is -0.601. The zero-order valence-electron chi connectivity index (χ0n) is 15.7. The number of amides is 1. The Bertz CT molecular complexity index is 698. The third-order valence-corrected chi connectivity index (χ3v) is 5.57. The molecular weight excluding hydrogens is 349 g/mol. The molecule has 6 nitrogen and oxygen atoms in total. The second kappa shape index (κ2) is 5.95. The van der Waals surface area contributed by atoms with E-state index < -0.39 is 35.9 Å². The van der Waals surface area contributed by atoms with Crippen molar-refractivity contribution in [1.29, 1.82) is 0 Å². The molecule has 0 aliphatic carbocycles. The van der Waals surface area contributed by atoms with Crippen LogP contribution in [-0.4, -0.2) is 69.7 Å². The van der Waals surface area contributed by atoms with Crippen molar-refractivity contribution in [3.63, 3.8) is 0 Å². The fourth-order valence-electron chi connectivity index (χ4n) is 3.99. The lowest BCUT2D eigenvalue weighted by Gasteiger charge is -2.46. The van der Waals surface area contributed by atoms with E-state index >= 15 is 0 Å². The summed E-state index contributed by atoms with van der Waals surface area (Å²) in [4.78, 5) is 21.9. The van der Waals surface area contributed by atoms with E-state index in [4.69, 9.17) is 4.42 Å². The smallest absolute Gasteiger partial charge is 0.406 e. The summed E-state index contributed by atoms with van der Waals surface area (Å²) in [6.45, 7) is 9.28. The average Bonchev–Trinajstić information content (AvgIpc) is 3.03. The SMILES string of the molecule is Cc1cnc(C(C)(C)N2CCN3[C@@H](C2)C(=O)N(CC(F)(F)F)C3(C)C)o1. The van der Waals surface area contributed by atoms with E-state index in [9.17, 15) is 18.0 Å². The van der Waals surface area contributed by atoms with Gasteiger partial charge in [-0.1, -0.05) is 0 Å². The Hall–Kier alpha value is -1.61. The van der Waals surface area contributed by atoms with Crippen LogP contribution in [0.25, 0.3) is 0 Å². The molecule has 0 spiro atoms. The monoisotopic (exact) mass is 374 g/mol. The molecule has 1 amide bonds. The van der Waals surface area contributed by atoms with Gasteiger partial charge in [0.15, 0.2) is 0 Å². The largest absolute Gasteiger partial charge is 0.444 e. The second-order valence-corrected chi connectivity index (χ2v) is 8.02. The summed E-state index contributed by atoms with van der Waals surface area (Å²) in [5.74, 6) is 0.762. The lowest BCUT2D eigenvalue weighted by atomic mass is 9.99. The number of halogens is 3. The minimum absolute atomic E-state index is 0.338. The minimum Gasteiger partial charge on any atom is -0.444 e. The van der Waals surface area contributed by atoms with Gasteiger partial charge in [0.1, 0.15) is 18.3 Å². The first kappa shape index (κ1) is 19.2. The molecule has 2 aliphatic heterocycles.